The van der Waals surface area contributed by atoms with Crippen LogP contribution in [0.4, 0.5) is 5.69 Å². The van der Waals surface area contributed by atoms with E-state index in [1.165, 1.54) is 0 Å². The SMILES string of the molecule is C[C@@H]1CCC[C@H](C)N1S(=O)(=O)c1c[nH]c2cc(N)ccc12. The van der Waals surface area contributed by atoms with E-state index in [0.29, 0.717) is 16.0 Å². The quantitative estimate of drug-likeness (QED) is 0.837. The van der Waals surface area contributed by atoms with Crippen LogP contribution >= 0.6 is 0 Å². The lowest BCUT2D eigenvalue weighted by atomic mass is 10.0. The van der Waals surface area contributed by atoms with Crippen LogP contribution in [0.3, 0.4) is 0 Å². The first-order valence-electron chi connectivity index (χ1n) is 7.31. The van der Waals surface area contributed by atoms with Gasteiger partial charge in [0.25, 0.3) is 0 Å². The predicted octanol–water partition coefficient (Wildman–Crippen LogP) is 2.70. The zero-order valence-electron chi connectivity index (χ0n) is 12.3. The third-order valence-corrected chi connectivity index (χ3v) is 6.50. The molecular weight excluding hydrogens is 286 g/mol. The summed E-state index contributed by atoms with van der Waals surface area (Å²) in [6.07, 6.45) is 4.49. The molecule has 1 aromatic heterocycles. The van der Waals surface area contributed by atoms with E-state index < -0.39 is 10.0 Å². The van der Waals surface area contributed by atoms with Crippen LogP contribution in [0.25, 0.3) is 10.9 Å². The maximum Gasteiger partial charge on any atom is 0.245 e. The number of rotatable bonds is 2. The number of hydrogen-bond acceptors (Lipinski definition) is 3. The van der Waals surface area contributed by atoms with E-state index in [4.69, 9.17) is 5.73 Å². The number of benzene rings is 1. The van der Waals surface area contributed by atoms with E-state index in [9.17, 15) is 8.42 Å². The molecule has 1 aromatic carbocycles. The van der Waals surface area contributed by atoms with Gasteiger partial charge in [0.05, 0.1) is 0 Å². The zero-order chi connectivity index (χ0) is 15.2. The second-order valence-corrected chi connectivity index (χ2v) is 7.73. The van der Waals surface area contributed by atoms with Gasteiger partial charge >= 0.3 is 0 Å². The second kappa shape index (κ2) is 5.03. The summed E-state index contributed by atoms with van der Waals surface area (Å²) in [7, 11) is -3.50. The lowest BCUT2D eigenvalue weighted by Gasteiger charge is -2.37. The standard InChI is InChI=1S/C15H21N3O2S/c1-10-4-3-5-11(2)18(10)21(19,20)15-9-17-14-8-12(16)6-7-13(14)15/h6-11,17H,3-5,16H2,1-2H3/t10-,11+. The summed E-state index contributed by atoms with van der Waals surface area (Å²) in [5.41, 5.74) is 7.12. The number of aromatic amines is 1. The molecule has 1 aliphatic heterocycles. The third kappa shape index (κ3) is 2.32. The van der Waals surface area contributed by atoms with Crippen molar-refractivity contribution >= 4 is 26.6 Å². The number of anilines is 1. The van der Waals surface area contributed by atoms with Gasteiger partial charge in [-0.15, -0.1) is 0 Å². The van der Waals surface area contributed by atoms with E-state index in [0.717, 1.165) is 24.8 Å². The molecule has 0 bridgehead atoms. The Kier molecular flexibility index (Phi) is 3.45. The molecule has 2 atom stereocenters. The molecule has 0 spiro atoms. The van der Waals surface area contributed by atoms with Crippen molar-refractivity contribution in [1.29, 1.82) is 0 Å². The van der Waals surface area contributed by atoms with Crippen LogP contribution in [0.15, 0.2) is 29.3 Å². The minimum absolute atomic E-state index is 0.0393. The maximum atomic E-state index is 13.0. The van der Waals surface area contributed by atoms with Crippen molar-refractivity contribution < 1.29 is 8.42 Å². The first-order chi connectivity index (χ1) is 9.91. The van der Waals surface area contributed by atoms with Crippen molar-refractivity contribution in [3.8, 4) is 0 Å². The normalized spacial score (nSPS) is 24.5. The molecule has 0 unspecified atom stereocenters. The van der Waals surface area contributed by atoms with Crippen molar-refractivity contribution in [1.82, 2.24) is 9.29 Å². The van der Waals surface area contributed by atoms with Crippen LogP contribution in [0.5, 0.6) is 0 Å². The lowest BCUT2D eigenvalue weighted by Crippen LogP contribution is -2.47. The molecule has 3 rings (SSSR count). The third-order valence-electron chi connectivity index (χ3n) is 4.34. The number of H-pyrrole nitrogens is 1. The topological polar surface area (TPSA) is 79.2 Å². The summed E-state index contributed by atoms with van der Waals surface area (Å²) < 4.78 is 27.7. The van der Waals surface area contributed by atoms with Gasteiger partial charge < -0.3 is 10.7 Å². The Balaban J connectivity index is 2.11. The summed E-state index contributed by atoms with van der Waals surface area (Å²) in [5.74, 6) is 0. The summed E-state index contributed by atoms with van der Waals surface area (Å²) in [6, 6.07) is 5.35. The van der Waals surface area contributed by atoms with Crippen LogP contribution in [-0.2, 0) is 10.0 Å². The molecule has 114 valence electrons. The summed E-state index contributed by atoms with van der Waals surface area (Å²) in [4.78, 5) is 3.36. The van der Waals surface area contributed by atoms with Crippen LogP contribution in [0.1, 0.15) is 33.1 Å². The van der Waals surface area contributed by atoms with E-state index in [1.807, 2.05) is 13.8 Å². The van der Waals surface area contributed by atoms with E-state index in [1.54, 1.807) is 28.7 Å². The molecule has 6 heteroatoms. The van der Waals surface area contributed by atoms with Crippen molar-refractivity contribution in [2.75, 3.05) is 5.73 Å². The van der Waals surface area contributed by atoms with Gasteiger partial charge in [-0.2, -0.15) is 4.31 Å². The van der Waals surface area contributed by atoms with Crippen molar-refractivity contribution in [3.05, 3.63) is 24.4 Å². The Morgan fingerprint density at radius 1 is 1.24 bits per heavy atom. The number of nitrogens with one attached hydrogen (secondary N) is 1. The largest absolute Gasteiger partial charge is 0.399 e. The van der Waals surface area contributed by atoms with Gasteiger partial charge in [-0.1, -0.05) is 6.42 Å². The number of fused-ring (bicyclic) bond motifs is 1. The first kappa shape index (κ1) is 14.4. The summed E-state index contributed by atoms with van der Waals surface area (Å²) >= 11 is 0. The van der Waals surface area contributed by atoms with Crippen molar-refractivity contribution in [2.45, 2.75) is 50.1 Å². The molecule has 0 saturated carbocycles. The number of nitrogen functional groups attached to an aromatic ring is 1. The molecular formula is C15H21N3O2S. The van der Waals surface area contributed by atoms with Crippen LogP contribution < -0.4 is 5.73 Å². The maximum absolute atomic E-state index is 13.0. The number of hydrogen-bond donors (Lipinski definition) is 2. The van der Waals surface area contributed by atoms with E-state index in [2.05, 4.69) is 4.98 Å². The molecule has 0 radical (unpaired) electrons. The fourth-order valence-corrected chi connectivity index (χ4v) is 5.36. The van der Waals surface area contributed by atoms with Crippen LogP contribution in [-0.4, -0.2) is 29.8 Å². The van der Waals surface area contributed by atoms with Crippen molar-refractivity contribution in [3.63, 3.8) is 0 Å². The fourth-order valence-electron chi connectivity index (χ4n) is 3.32. The minimum Gasteiger partial charge on any atom is -0.399 e. The average Bonchev–Trinajstić information content (AvgIpc) is 2.81. The molecule has 0 aliphatic carbocycles. The lowest BCUT2D eigenvalue weighted by molar-refractivity contribution is 0.204. The first-order valence-corrected chi connectivity index (χ1v) is 8.75. The fraction of sp³-hybridized carbons (Fsp3) is 0.467. The summed E-state index contributed by atoms with van der Waals surface area (Å²) in [5, 5.41) is 0.703. The number of nitrogens with two attached hydrogens (primary N) is 1. The highest BCUT2D eigenvalue weighted by molar-refractivity contribution is 7.89. The Morgan fingerprint density at radius 2 is 1.90 bits per heavy atom. The van der Waals surface area contributed by atoms with Gasteiger partial charge in [0, 0.05) is 34.9 Å². The molecule has 1 fully saturated rings. The smallest absolute Gasteiger partial charge is 0.245 e. The molecule has 2 heterocycles. The number of nitrogens with zero attached hydrogens (tertiary/aromatic N) is 1. The predicted molar refractivity (Wildman–Crippen MR) is 84.5 cm³/mol. The van der Waals surface area contributed by atoms with Gasteiger partial charge in [0.2, 0.25) is 10.0 Å². The molecule has 1 aliphatic rings. The minimum atomic E-state index is -3.50. The Bertz CT molecular complexity index is 756. The highest BCUT2D eigenvalue weighted by Gasteiger charge is 2.36. The van der Waals surface area contributed by atoms with Gasteiger partial charge in [-0.3, -0.25) is 0 Å². The van der Waals surface area contributed by atoms with Gasteiger partial charge in [-0.25, -0.2) is 8.42 Å². The average molecular weight is 307 g/mol. The highest BCUT2D eigenvalue weighted by atomic mass is 32.2. The second-order valence-electron chi connectivity index (χ2n) is 5.92. The molecule has 21 heavy (non-hydrogen) atoms. The zero-order valence-corrected chi connectivity index (χ0v) is 13.2. The van der Waals surface area contributed by atoms with E-state index in [-0.39, 0.29) is 12.1 Å². The Labute approximate surface area is 125 Å². The Hall–Kier alpha value is -1.53. The monoisotopic (exact) mass is 307 g/mol. The van der Waals surface area contributed by atoms with E-state index >= 15 is 0 Å². The molecule has 5 nitrogen and oxygen atoms in total. The van der Waals surface area contributed by atoms with Gasteiger partial charge in [0.15, 0.2) is 0 Å². The van der Waals surface area contributed by atoms with Gasteiger partial charge in [-0.05, 0) is 44.9 Å². The molecule has 3 N–H and O–H groups in total. The molecule has 1 saturated heterocycles. The summed E-state index contributed by atoms with van der Waals surface area (Å²) in [6.45, 7) is 3.97. The Morgan fingerprint density at radius 3 is 2.57 bits per heavy atom. The van der Waals surface area contributed by atoms with Crippen molar-refractivity contribution in [2.24, 2.45) is 0 Å². The highest BCUT2D eigenvalue weighted by Crippen LogP contribution is 2.33. The number of aromatic nitrogens is 1. The molecule has 0 amide bonds. The van der Waals surface area contributed by atoms with Crippen LogP contribution in [0.2, 0.25) is 0 Å². The number of sulfonamides is 1. The van der Waals surface area contributed by atoms with Gasteiger partial charge in [0.1, 0.15) is 4.90 Å². The molecule has 2 aromatic rings. The van der Waals surface area contributed by atoms with Crippen LogP contribution in [0, 0.1) is 0 Å². The number of piperidine rings is 1.